The molecule has 0 spiro atoms. The van der Waals surface area contributed by atoms with E-state index in [9.17, 15) is 13.2 Å². The maximum atomic E-state index is 12.0. The van der Waals surface area contributed by atoms with Crippen LogP contribution in [0.1, 0.15) is 5.82 Å². The van der Waals surface area contributed by atoms with E-state index in [4.69, 9.17) is 0 Å². The second kappa shape index (κ2) is 2.51. The van der Waals surface area contributed by atoms with Crippen molar-refractivity contribution in [2.24, 2.45) is 7.05 Å². The SMILES string of the molecule is Cn1cc(Br)nc1C(F)(F)F. The van der Waals surface area contributed by atoms with Crippen LogP contribution >= 0.6 is 15.9 Å². The van der Waals surface area contributed by atoms with Gasteiger partial charge < -0.3 is 4.57 Å². The van der Waals surface area contributed by atoms with Crippen LogP contribution in [0.25, 0.3) is 0 Å². The number of aryl methyl sites for hydroxylation is 1. The fourth-order valence-corrected chi connectivity index (χ4v) is 1.17. The van der Waals surface area contributed by atoms with Gasteiger partial charge in [-0.2, -0.15) is 13.2 Å². The summed E-state index contributed by atoms with van der Waals surface area (Å²) in [5.74, 6) is -0.899. The molecule has 0 aromatic carbocycles. The number of rotatable bonds is 0. The molecule has 0 radical (unpaired) electrons. The molecule has 0 aliphatic rings. The third-order valence-electron chi connectivity index (χ3n) is 1.10. The maximum absolute atomic E-state index is 12.0. The minimum atomic E-state index is -4.37. The van der Waals surface area contributed by atoms with Crippen molar-refractivity contribution in [3.8, 4) is 0 Å². The average Bonchev–Trinajstić information content (AvgIpc) is 2.08. The van der Waals surface area contributed by atoms with Gasteiger partial charge >= 0.3 is 6.18 Å². The average molecular weight is 229 g/mol. The zero-order chi connectivity index (χ0) is 8.65. The summed E-state index contributed by atoms with van der Waals surface area (Å²) in [6.45, 7) is 0. The number of alkyl halides is 3. The van der Waals surface area contributed by atoms with Crippen molar-refractivity contribution in [3.05, 3.63) is 16.6 Å². The van der Waals surface area contributed by atoms with Crippen molar-refractivity contribution < 1.29 is 13.2 Å². The quantitative estimate of drug-likeness (QED) is 0.666. The largest absolute Gasteiger partial charge is 0.449 e. The third kappa shape index (κ3) is 1.74. The smallest absolute Gasteiger partial charge is 0.329 e. The van der Waals surface area contributed by atoms with E-state index in [0.717, 1.165) is 4.57 Å². The van der Waals surface area contributed by atoms with Crippen LogP contribution in [0.2, 0.25) is 0 Å². The van der Waals surface area contributed by atoms with Crippen LogP contribution in [-0.2, 0) is 13.2 Å². The lowest BCUT2D eigenvalue weighted by atomic mass is 10.6. The predicted octanol–water partition coefficient (Wildman–Crippen LogP) is 2.20. The number of imidazole rings is 1. The van der Waals surface area contributed by atoms with Crippen LogP contribution in [0.3, 0.4) is 0 Å². The molecule has 0 amide bonds. The van der Waals surface area contributed by atoms with Gasteiger partial charge in [0.25, 0.3) is 0 Å². The van der Waals surface area contributed by atoms with E-state index in [1.807, 2.05) is 0 Å². The van der Waals surface area contributed by atoms with Gasteiger partial charge in [0.1, 0.15) is 4.60 Å². The summed E-state index contributed by atoms with van der Waals surface area (Å²) in [5, 5.41) is 0. The summed E-state index contributed by atoms with van der Waals surface area (Å²) >= 11 is 2.84. The summed E-state index contributed by atoms with van der Waals surface area (Å²) < 4.78 is 37.0. The van der Waals surface area contributed by atoms with Gasteiger partial charge in [0.05, 0.1) is 0 Å². The van der Waals surface area contributed by atoms with E-state index < -0.39 is 12.0 Å². The molecule has 0 saturated carbocycles. The molecule has 11 heavy (non-hydrogen) atoms. The van der Waals surface area contributed by atoms with Gasteiger partial charge in [0.15, 0.2) is 0 Å². The number of aromatic nitrogens is 2. The van der Waals surface area contributed by atoms with Gasteiger partial charge in [-0.15, -0.1) is 0 Å². The highest BCUT2D eigenvalue weighted by Gasteiger charge is 2.35. The Morgan fingerprint density at radius 3 is 2.27 bits per heavy atom. The molecule has 0 saturated heterocycles. The van der Waals surface area contributed by atoms with E-state index in [-0.39, 0.29) is 4.60 Å². The van der Waals surface area contributed by atoms with Crippen LogP contribution < -0.4 is 0 Å². The third-order valence-corrected chi connectivity index (χ3v) is 1.48. The lowest BCUT2D eigenvalue weighted by molar-refractivity contribution is -0.146. The molecular weight excluding hydrogens is 225 g/mol. The summed E-state index contributed by atoms with van der Waals surface area (Å²) in [7, 11) is 1.29. The second-order valence-electron chi connectivity index (χ2n) is 2.00. The van der Waals surface area contributed by atoms with Crippen LogP contribution in [0.15, 0.2) is 10.8 Å². The fraction of sp³-hybridized carbons (Fsp3) is 0.400. The van der Waals surface area contributed by atoms with Crippen molar-refractivity contribution in [2.45, 2.75) is 6.18 Å². The van der Waals surface area contributed by atoms with Crippen molar-refractivity contribution in [1.82, 2.24) is 9.55 Å². The van der Waals surface area contributed by atoms with Crippen LogP contribution in [0, 0.1) is 0 Å². The standard InChI is InChI=1S/C5H4BrF3N2/c1-11-2-3(6)10-4(11)5(7,8)9/h2H,1H3. The molecule has 1 heterocycles. The first-order valence-corrected chi connectivity index (χ1v) is 3.46. The van der Waals surface area contributed by atoms with Crippen LogP contribution in [0.4, 0.5) is 13.2 Å². The summed E-state index contributed by atoms with van der Waals surface area (Å²) in [5.41, 5.74) is 0. The van der Waals surface area contributed by atoms with Crippen molar-refractivity contribution in [3.63, 3.8) is 0 Å². The van der Waals surface area contributed by atoms with Crippen molar-refractivity contribution in [2.75, 3.05) is 0 Å². The lowest BCUT2D eigenvalue weighted by Gasteiger charge is -2.03. The summed E-state index contributed by atoms with van der Waals surface area (Å²) in [6.07, 6.45) is -3.12. The first kappa shape index (κ1) is 8.58. The van der Waals surface area contributed by atoms with Gasteiger partial charge in [-0.1, -0.05) is 0 Å². The van der Waals surface area contributed by atoms with E-state index in [1.54, 1.807) is 0 Å². The Kier molecular flexibility index (Phi) is 1.96. The van der Waals surface area contributed by atoms with Crippen molar-refractivity contribution >= 4 is 15.9 Å². The van der Waals surface area contributed by atoms with E-state index in [1.165, 1.54) is 13.2 Å². The molecule has 0 fully saturated rings. The normalized spacial score (nSPS) is 12.1. The van der Waals surface area contributed by atoms with Gasteiger partial charge in [-0.25, -0.2) is 4.98 Å². The number of hydrogen-bond donors (Lipinski definition) is 0. The second-order valence-corrected chi connectivity index (χ2v) is 2.81. The predicted molar refractivity (Wildman–Crippen MR) is 35.9 cm³/mol. The Morgan fingerprint density at radius 1 is 1.55 bits per heavy atom. The van der Waals surface area contributed by atoms with Gasteiger partial charge in [0.2, 0.25) is 5.82 Å². The molecule has 0 bridgehead atoms. The fourth-order valence-electron chi connectivity index (χ4n) is 0.693. The number of hydrogen-bond acceptors (Lipinski definition) is 1. The Labute approximate surface area is 69.2 Å². The highest BCUT2D eigenvalue weighted by molar-refractivity contribution is 9.10. The highest BCUT2D eigenvalue weighted by Crippen LogP contribution is 2.28. The first-order valence-electron chi connectivity index (χ1n) is 2.67. The molecular formula is C5H4BrF3N2. The maximum Gasteiger partial charge on any atom is 0.449 e. The Bertz CT molecular complexity index is 265. The zero-order valence-electron chi connectivity index (χ0n) is 5.48. The van der Waals surface area contributed by atoms with E-state index in [0.29, 0.717) is 0 Å². The van der Waals surface area contributed by atoms with Gasteiger partial charge in [-0.05, 0) is 15.9 Å². The molecule has 0 N–H and O–H groups in total. The Morgan fingerprint density at radius 2 is 2.09 bits per heavy atom. The monoisotopic (exact) mass is 228 g/mol. The molecule has 62 valence electrons. The first-order chi connectivity index (χ1) is 4.91. The van der Waals surface area contributed by atoms with Crippen LogP contribution in [-0.4, -0.2) is 9.55 Å². The molecule has 1 aromatic heterocycles. The molecule has 1 rings (SSSR count). The van der Waals surface area contributed by atoms with E-state index >= 15 is 0 Å². The van der Waals surface area contributed by atoms with Crippen molar-refractivity contribution in [1.29, 1.82) is 0 Å². The lowest BCUT2D eigenvalue weighted by Crippen LogP contribution is -2.12. The number of nitrogens with zero attached hydrogens (tertiary/aromatic N) is 2. The molecule has 1 aromatic rings. The Hall–Kier alpha value is -0.520. The molecule has 0 aliphatic carbocycles. The Balaban J connectivity index is 3.13. The summed E-state index contributed by atoms with van der Waals surface area (Å²) in [6, 6.07) is 0. The molecule has 2 nitrogen and oxygen atoms in total. The topological polar surface area (TPSA) is 17.8 Å². The molecule has 6 heteroatoms. The van der Waals surface area contributed by atoms with Gasteiger partial charge in [0, 0.05) is 13.2 Å². The highest BCUT2D eigenvalue weighted by atomic mass is 79.9. The van der Waals surface area contributed by atoms with Crippen LogP contribution in [0.5, 0.6) is 0 Å². The molecule has 0 aliphatic heterocycles. The molecule has 0 atom stereocenters. The van der Waals surface area contributed by atoms with E-state index in [2.05, 4.69) is 20.9 Å². The summed E-state index contributed by atoms with van der Waals surface area (Å²) in [4.78, 5) is 3.24. The minimum absolute atomic E-state index is 0.187. The number of halogens is 4. The molecule has 0 unspecified atom stereocenters. The zero-order valence-corrected chi connectivity index (χ0v) is 7.07. The minimum Gasteiger partial charge on any atom is -0.329 e. The van der Waals surface area contributed by atoms with Gasteiger partial charge in [-0.3, -0.25) is 0 Å².